The fraction of sp³-hybridized carbons (Fsp3) is 0.556. The second-order valence-corrected chi connectivity index (χ2v) is 3.45. The molecule has 1 aliphatic heterocycles. The zero-order valence-corrected chi connectivity index (χ0v) is 8.24. The van der Waals surface area contributed by atoms with Crippen molar-refractivity contribution in [1.82, 2.24) is 9.55 Å². The summed E-state index contributed by atoms with van der Waals surface area (Å²) in [6, 6.07) is 1.12. The molecule has 16 heavy (non-hydrogen) atoms. The quantitative estimate of drug-likeness (QED) is 0.553. The van der Waals surface area contributed by atoms with E-state index in [4.69, 9.17) is 11.2 Å². The second-order valence-electron chi connectivity index (χ2n) is 3.45. The van der Waals surface area contributed by atoms with Gasteiger partial charge in [0, 0.05) is 20.0 Å². The molecule has 1 fully saturated rings. The molecule has 2 rings (SSSR count). The molecule has 1 aliphatic rings. The summed E-state index contributed by atoms with van der Waals surface area (Å²) >= 11 is 0. The minimum absolute atomic E-state index is 0.439. The molecule has 0 amide bonds. The van der Waals surface area contributed by atoms with Crippen LogP contribution in [0.1, 0.15) is 14.0 Å². The van der Waals surface area contributed by atoms with Crippen molar-refractivity contribution in [1.29, 1.82) is 0 Å². The molecule has 0 unspecified atom stereocenters. The van der Waals surface area contributed by atoms with E-state index >= 15 is 0 Å². The van der Waals surface area contributed by atoms with Crippen molar-refractivity contribution in [3.05, 3.63) is 33.1 Å². The zero-order valence-electron chi connectivity index (χ0n) is 9.24. The summed E-state index contributed by atoms with van der Waals surface area (Å²) in [6.45, 7) is -0.439. The Morgan fingerprint density at radius 2 is 2.44 bits per heavy atom. The third-order valence-electron chi connectivity index (χ3n) is 2.36. The molecule has 3 N–H and O–H groups in total. The fourth-order valence-electron chi connectivity index (χ4n) is 1.53. The topological polar surface area (TPSA) is 105 Å². The van der Waals surface area contributed by atoms with Crippen LogP contribution in [0.2, 0.25) is 0 Å². The predicted octanol–water partition coefficient (Wildman–Crippen LogP) is -1.82. The molecule has 0 aliphatic carbocycles. The van der Waals surface area contributed by atoms with Gasteiger partial charge in [-0.05, 0) is 0 Å². The number of aromatic nitrogens is 2. The Labute approximate surface area is 91.3 Å². The van der Waals surface area contributed by atoms with E-state index in [0.717, 1.165) is 10.6 Å². The number of hydrogen-bond donors (Lipinski definition) is 3. The monoisotopic (exact) mass is 229 g/mol. The second kappa shape index (κ2) is 4.20. The normalized spacial score (nSPS) is 35.0. The van der Waals surface area contributed by atoms with Crippen LogP contribution in [0.5, 0.6) is 0 Å². The number of hydrogen-bond acceptors (Lipinski definition) is 5. The maximum Gasteiger partial charge on any atom is 0.330 e. The van der Waals surface area contributed by atoms with Gasteiger partial charge in [-0.25, -0.2) is 4.79 Å². The molecule has 1 aromatic heterocycles. The molecule has 7 nitrogen and oxygen atoms in total. The SMILES string of the molecule is [2H][C@@H]1[C@H](O)[C@@H](CO)O[C@H]1n1ccc(=O)[nH]c1=O. The van der Waals surface area contributed by atoms with E-state index in [0.29, 0.717) is 0 Å². The number of nitrogens with zero attached hydrogens (tertiary/aromatic N) is 1. The van der Waals surface area contributed by atoms with E-state index in [-0.39, 0.29) is 0 Å². The van der Waals surface area contributed by atoms with Gasteiger partial charge in [0.2, 0.25) is 0 Å². The van der Waals surface area contributed by atoms with E-state index < -0.39 is 42.7 Å². The van der Waals surface area contributed by atoms with Crippen LogP contribution in [0.4, 0.5) is 0 Å². The summed E-state index contributed by atoms with van der Waals surface area (Å²) in [5, 5.41) is 18.5. The van der Waals surface area contributed by atoms with Crippen LogP contribution in [0.25, 0.3) is 0 Å². The minimum Gasteiger partial charge on any atom is -0.394 e. The first-order chi connectivity index (χ1) is 8.04. The highest BCUT2D eigenvalue weighted by molar-refractivity contribution is 4.88. The van der Waals surface area contributed by atoms with Gasteiger partial charge in [0.15, 0.2) is 0 Å². The largest absolute Gasteiger partial charge is 0.394 e. The van der Waals surface area contributed by atoms with Crippen molar-refractivity contribution in [3.63, 3.8) is 0 Å². The third-order valence-corrected chi connectivity index (χ3v) is 2.36. The molecule has 4 atom stereocenters. The van der Waals surface area contributed by atoms with Gasteiger partial charge in [0.25, 0.3) is 5.56 Å². The molecule has 88 valence electrons. The van der Waals surface area contributed by atoms with Gasteiger partial charge in [-0.2, -0.15) is 0 Å². The highest BCUT2D eigenvalue weighted by Crippen LogP contribution is 2.26. The predicted molar refractivity (Wildman–Crippen MR) is 52.9 cm³/mol. The molecule has 0 saturated carbocycles. The number of ether oxygens (including phenoxy) is 1. The van der Waals surface area contributed by atoms with Crippen molar-refractivity contribution in [2.45, 2.75) is 24.8 Å². The number of aromatic amines is 1. The molecule has 0 bridgehead atoms. The molecule has 0 radical (unpaired) electrons. The Balaban J connectivity index is 2.35. The number of aliphatic hydroxyl groups is 2. The lowest BCUT2D eigenvalue weighted by molar-refractivity contribution is -0.0459. The smallest absolute Gasteiger partial charge is 0.330 e. The fourth-order valence-corrected chi connectivity index (χ4v) is 1.53. The van der Waals surface area contributed by atoms with Gasteiger partial charge in [-0.15, -0.1) is 0 Å². The molecular weight excluding hydrogens is 216 g/mol. The molecule has 2 heterocycles. The summed E-state index contributed by atoms with van der Waals surface area (Å²) in [6.07, 6.45) is -3.01. The van der Waals surface area contributed by atoms with E-state index in [1.165, 1.54) is 6.20 Å². The molecule has 1 aromatic rings. The highest BCUT2D eigenvalue weighted by atomic mass is 16.5. The molecule has 0 spiro atoms. The van der Waals surface area contributed by atoms with Crippen molar-refractivity contribution in [3.8, 4) is 0 Å². The molecule has 1 saturated heterocycles. The van der Waals surface area contributed by atoms with Crippen LogP contribution in [0, 0.1) is 0 Å². The Morgan fingerprint density at radius 1 is 1.69 bits per heavy atom. The van der Waals surface area contributed by atoms with E-state index in [2.05, 4.69) is 0 Å². The van der Waals surface area contributed by atoms with Crippen LogP contribution in [0.15, 0.2) is 21.9 Å². The average Bonchev–Trinajstić information content (AvgIpc) is 2.57. The van der Waals surface area contributed by atoms with E-state index in [9.17, 15) is 14.7 Å². The van der Waals surface area contributed by atoms with Crippen LogP contribution in [0.3, 0.4) is 0 Å². The molecular formula is C9H12N2O5. The highest BCUT2D eigenvalue weighted by Gasteiger charge is 2.34. The van der Waals surface area contributed by atoms with Crippen LogP contribution >= 0.6 is 0 Å². The minimum atomic E-state index is -1.18. The van der Waals surface area contributed by atoms with Gasteiger partial charge in [-0.3, -0.25) is 14.3 Å². The lowest BCUT2D eigenvalue weighted by Crippen LogP contribution is -2.31. The van der Waals surface area contributed by atoms with Crippen molar-refractivity contribution < 1.29 is 16.3 Å². The van der Waals surface area contributed by atoms with Crippen molar-refractivity contribution in [2.24, 2.45) is 0 Å². The van der Waals surface area contributed by atoms with Crippen LogP contribution < -0.4 is 11.2 Å². The first kappa shape index (κ1) is 9.76. The Hall–Kier alpha value is -1.44. The van der Waals surface area contributed by atoms with Crippen molar-refractivity contribution >= 4 is 0 Å². The summed E-state index contributed by atoms with van der Waals surface area (Å²) in [4.78, 5) is 24.4. The Morgan fingerprint density at radius 3 is 3.00 bits per heavy atom. The molecule has 7 heteroatoms. The third kappa shape index (κ3) is 1.92. The van der Waals surface area contributed by atoms with E-state index in [1.807, 2.05) is 4.98 Å². The number of nitrogens with one attached hydrogen (secondary N) is 1. The molecule has 0 aromatic carbocycles. The average molecular weight is 229 g/mol. The van der Waals surface area contributed by atoms with Crippen LogP contribution in [-0.2, 0) is 4.74 Å². The van der Waals surface area contributed by atoms with Gasteiger partial charge in [0.1, 0.15) is 12.3 Å². The number of H-pyrrole nitrogens is 1. The van der Waals surface area contributed by atoms with Gasteiger partial charge >= 0.3 is 5.69 Å². The van der Waals surface area contributed by atoms with Gasteiger partial charge < -0.3 is 14.9 Å². The standard InChI is InChI=1S/C9H12N2O5/c12-4-6-5(13)3-8(16-6)11-2-1-7(14)10-9(11)15/h1-2,5-6,8,12-13H,3-4H2,(H,10,14,15)/t5-,6+,8+/m0/s1/i3D/t3-,5+,6-,8-/m1. The summed E-state index contributed by atoms with van der Waals surface area (Å²) in [5.74, 6) is 0. The lowest BCUT2D eigenvalue weighted by Gasteiger charge is -2.13. The first-order valence-corrected chi connectivity index (χ1v) is 4.72. The summed E-state index contributed by atoms with van der Waals surface area (Å²) in [5.41, 5.74) is -1.27. The number of rotatable bonds is 2. The maximum atomic E-state index is 11.5. The summed E-state index contributed by atoms with van der Waals surface area (Å²) < 4.78 is 13.9. The van der Waals surface area contributed by atoms with Gasteiger partial charge in [-0.1, -0.05) is 0 Å². The van der Waals surface area contributed by atoms with Gasteiger partial charge in [0.05, 0.1) is 12.7 Å². The van der Waals surface area contributed by atoms with Crippen molar-refractivity contribution in [2.75, 3.05) is 6.61 Å². The summed E-state index contributed by atoms with van der Waals surface area (Å²) in [7, 11) is 0. The lowest BCUT2D eigenvalue weighted by atomic mass is 10.2. The first-order valence-electron chi connectivity index (χ1n) is 5.30. The van der Waals surface area contributed by atoms with E-state index in [1.54, 1.807) is 0 Å². The number of aliphatic hydroxyl groups excluding tert-OH is 2. The zero-order chi connectivity index (χ0) is 12.6. The Kier molecular flexibility index (Phi) is 2.56. The Bertz CT molecular complexity index is 513. The maximum absolute atomic E-state index is 11.5. The van der Waals surface area contributed by atoms with Crippen LogP contribution in [-0.4, -0.2) is 38.6 Å².